The number of nitrogens with zero attached hydrogens (tertiary/aromatic N) is 3. The number of fused-ring (bicyclic) bond motifs is 1. The first-order valence-corrected chi connectivity index (χ1v) is 7.29. The van der Waals surface area contributed by atoms with E-state index in [9.17, 15) is 9.90 Å². The van der Waals surface area contributed by atoms with Crippen LogP contribution in [0.15, 0.2) is 46.8 Å². The van der Waals surface area contributed by atoms with E-state index >= 15 is 0 Å². The molecule has 0 fully saturated rings. The van der Waals surface area contributed by atoms with Gasteiger partial charge < -0.3 is 15.3 Å². The maximum atomic E-state index is 11.8. The van der Waals surface area contributed by atoms with Crippen LogP contribution in [0.2, 0.25) is 0 Å². The van der Waals surface area contributed by atoms with Gasteiger partial charge in [0.2, 0.25) is 0 Å². The zero-order chi connectivity index (χ0) is 16.6. The van der Waals surface area contributed by atoms with E-state index in [0.29, 0.717) is 34.0 Å². The maximum absolute atomic E-state index is 11.8. The summed E-state index contributed by atoms with van der Waals surface area (Å²) in [5, 5.41) is 20.8. The number of thiocarbonyl (C=S) groups is 1. The van der Waals surface area contributed by atoms with Crippen LogP contribution in [0.3, 0.4) is 0 Å². The van der Waals surface area contributed by atoms with Crippen molar-refractivity contribution in [3.05, 3.63) is 47.7 Å². The Hall–Kier alpha value is -2.74. The van der Waals surface area contributed by atoms with E-state index in [2.05, 4.69) is 22.2 Å². The summed E-state index contributed by atoms with van der Waals surface area (Å²) in [5.74, 6) is -1.02. The molecule has 8 heteroatoms. The molecule has 1 unspecified atom stereocenters. The summed E-state index contributed by atoms with van der Waals surface area (Å²) in [5.41, 5.74) is 2.46. The molecule has 0 amide bonds. The van der Waals surface area contributed by atoms with E-state index in [4.69, 9.17) is 16.8 Å². The number of carboxylic acids is 1. The Morgan fingerprint density at radius 3 is 3.04 bits per heavy atom. The summed E-state index contributed by atoms with van der Waals surface area (Å²) >= 11 is 5.37. The van der Waals surface area contributed by atoms with Gasteiger partial charge in [-0.15, -0.1) is 6.58 Å². The normalized spacial score (nSPS) is 18.2. The smallest absolute Gasteiger partial charge is 0.335 e. The number of rotatable bonds is 4. The molecule has 0 spiro atoms. The lowest BCUT2D eigenvalue weighted by Gasteiger charge is -2.38. The zero-order valence-electron chi connectivity index (χ0n) is 12.3. The van der Waals surface area contributed by atoms with Crippen molar-refractivity contribution in [2.24, 2.45) is 0 Å². The van der Waals surface area contributed by atoms with Gasteiger partial charge in [-0.2, -0.15) is 0 Å². The largest absolute Gasteiger partial charge is 0.478 e. The molecule has 0 saturated heterocycles. The van der Waals surface area contributed by atoms with Crippen LogP contribution in [0.4, 0.5) is 0 Å². The minimum absolute atomic E-state index is 0.205. The molecule has 0 saturated carbocycles. The standard InChI is InChI=1S/C15H14N4O3S/c1-3-7-19-13(11(14(20)21)8(2)16-15(19)23)9-5-4-6-10-12(9)18-22-17-10/h3-6,13H,1,7H2,2H3,(H,16,23)(H,20,21). The van der Waals surface area contributed by atoms with Crippen LogP contribution < -0.4 is 5.32 Å². The highest BCUT2D eigenvalue weighted by Crippen LogP contribution is 2.36. The average molecular weight is 330 g/mol. The molecular formula is C15H14N4O3S. The van der Waals surface area contributed by atoms with Crippen molar-refractivity contribution < 1.29 is 14.5 Å². The van der Waals surface area contributed by atoms with Gasteiger partial charge in [0.05, 0.1) is 11.6 Å². The van der Waals surface area contributed by atoms with Gasteiger partial charge in [0.25, 0.3) is 0 Å². The zero-order valence-corrected chi connectivity index (χ0v) is 13.1. The van der Waals surface area contributed by atoms with Crippen molar-refractivity contribution in [1.82, 2.24) is 20.5 Å². The molecule has 23 heavy (non-hydrogen) atoms. The van der Waals surface area contributed by atoms with Gasteiger partial charge in [-0.1, -0.05) is 18.2 Å². The Balaban J connectivity index is 2.26. The predicted octanol–water partition coefficient (Wildman–Crippen LogP) is 2.00. The van der Waals surface area contributed by atoms with Crippen molar-refractivity contribution in [1.29, 1.82) is 0 Å². The third-order valence-corrected chi connectivity index (χ3v) is 4.05. The summed E-state index contributed by atoms with van der Waals surface area (Å²) in [6, 6.07) is 4.74. The molecule has 0 bridgehead atoms. The number of hydrogen-bond acceptors (Lipinski definition) is 5. The van der Waals surface area contributed by atoms with E-state index in [1.807, 2.05) is 0 Å². The first-order valence-electron chi connectivity index (χ1n) is 6.88. The van der Waals surface area contributed by atoms with Crippen LogP contribution in [-0.2, 0) is 4.79 Å². The highest BCUT2D eigenvalue weighted by atomic mass is 32.1. The number of carboxylic acid groups (broad SMARTS) is 1. The SMILES string of the molecule is C=CCN1C(=S)NC(C)=C(C(=O)O)C1c1cccc2nonc12. The lowest BCUT2D eigenvalue weighted by atomic mass is 9.93. The van der Waals surface area contributed by atoms with Crippen LogP contribution >= 0.6 is 12.2 Å². The number of nitrogens with one attached hydrogen (secondary N) is 1. The molecule has 7 nitrogen and oxygen atoms in total. The molecule has 2 aromatic rings. The van der Waals surface area contributed by atoms with Crippen molar-refractivity contribution in [2.75, 3.05) is 6.54 Å². The third-order valence-electron chi connectivity index (χ3n) is 3.71. The monoisotopic (exact) mass is 330 g/mol. The van der Waals surface area contributed by atoms with E-state index in [1.165, 1.54) is 0 Å². The van der Waals surface area contributed by atoms with Gasteiger partial charge in [0.1, 0.15) is 11.0 Å². The van der Waals surface area contributed by atoms with Gasteiger partial charge >= 0.3 is 5.97 Å². The molecule has 2 heterocycles. The summed E-state index contributed by atoms with van der Waals surface area (Å²) < 4.78 is 4.79. The van der Waals surface area contributed by atoms with Gasteiger partial charge in [-0.3, -0.25) is 0 Å². The second kappa shape index (κ2) is 5.81. The molecular weight excluding hydrogens is 316 g/mol. The fourth-order valence-electron chi connectivity index (χ4n) is 2.75. The number of aliphatic carboxylic acids is 1. The van der Waals surface area contributed by atoms with Crippen LogP contribution in [0, 0.1) is 0 Å². The summed E-state index contributed by atoms with van der Waals surface area (Å²) in [7, 11) is 0. The Kier molecular flexibility index (Phi) is 3.83. The van der Waals surface area contributed by atoms with Crippen molar-refractivity contribution >= 4 is 34.3 Å². The molecule has 1 aromatic heterocycles. The van der Waals surface area contributed by atoms with Crippen molar-refractivity contribution in [3.63, 3.8) is 0 Å². The van der Waals surface area contributed by atoms with Crippen molar-refractivity contribution in [2.45, 2.75) is 13.0 Å². The second-order valence-corrected chi connectivity index (χ2v) is 5.48. The van der Waals surface area contributed by atoms with Gasteiger partial charge in [-0.05, 0) is 35.5 Å². The number of carbonyl (C=O) groups is 1. The highest BCUT2D eigenvalue weighted by molar-refractivity contribution is 7.80. The Bertz CT molecular complexity index is 842. The Morgan fingerprint density at radius 2 is 2.35 bits per heavy atom. The molecule has 2 N–H and O–H groups in total. The summed E-state index contributed by atoms with van der Waals surface area (Å²) in [6.07, 6.45) is 1.67. The average Bonchev–Trinajstić information content (AvgIpc) is 2.97. The molecule has 1 aliphatic heterocycles. The molecule has 0 radical (unpaired) electrons. The van der Waals surface area contributed by atoms with E-state index in [-0.39, 0.29) is 5.57 Å². The Morgan fingerprint density at radius 1 is 1.57 bits per heavy atom. The minimum atomic E-state index is -1.02. The number of hydrogen-bond donors (Lipinski definition) is 2. The highest BCUT2D eigenvalue weighted by Gasteiger charge is 2.37. The van der Waals surface area contributed by atoms with Gasteiger partial charge in [0.15, 0.2) is 5.11 Å². The fourth-order valence-corrected chi connectivity index (χ4v) is 3.09. The summed E-state index contributed by atoms with van der Waals surface area (Å²) in [6.45, 7) is 5.80. The number of aromatic nitrogens is 2. The van der Waals surface area contributed by atoms with Crippen LogP contribution in [-0.4, -0.2) is 37.9 Å². The van der Waals surface area contributed by atoms with Crippen molar-refractivity contribution in [3.8, 4) is 0 Å². The molecule has 0 aliphatic carbocycles. The van der Waals surface area contributed by atoms with Crippen LogP contribution in [0.25, 0.3) is 11.0 Å². The lowest BCUT2D eigenvalue weighted by molar-refractivity contribution is -0.133. The predicted molar refractivity (Wildman–Crippen MR) is 87.5 cm³/mol. The molecule has 1 aromatic carbocycles. The number of benzene rings is 1. The van der Waals surface area contributed by atoms with Gasteiger partial charge in [0, 0.05) is 17.8 Å². The Labute approximate surface area is 137 Å². The lowest BCUT2D eigenvalue weighted by Crippen LogP contribution is -2.48. The third kappa shape index (κ3) is 2.46. The molecule has 1 aliphatic rings. The molecule has 1 atom stereocenters. The first kappa shape index (κ1) is 15.2. The topological polar surface area (TPSA) is 91.5 Å². The quantitative estimate of drug-likeness (QED) is 0.650. The van der Waals surface area contributed by atoms with Crippen LogP contribution in [0.1, 0.15) is 18.5 Å². The number of allylic oxidation sites excluding steroid dienone is 1. The van der Waals surface area contributed by atoms with Gasteiger partial charge in [-0.25, -0.2) is 9.42 Å². The van der Waals surface area contributed by atoms with Crippen LogP contribution in [0.5, 0.6) is 0 Å². The van der Waals surface area contributed by atoms with E-state index < -0.39 is 12.0 Å². The second-order valence-electron chi connectivity index (χ2n) is 5.10. The maximum Gasteiger partial charge on any atom is 0.335 e. The molecule has 3 rings (SSSR count). The van der Waals surface area contributed by atoms with E-state index in [1.54, 1.807) is 36.1 Å². The van der Waals surface area contributed by atoms with E-state index in [0.717, 1.165) is 0 Å². The minimum Gasteiger partial charge on any atom is -0.478 e. The first-order chi connectivity index (χ1) is 11.0. The molecule has 118 valence electrons. The summed E-state index contributed by atoms with van der Waals surface area (Å²) in [4.78, 5) is 13.6. The fraction of sp³-hybridized carbons (Fsp3) is 0.200.